The van der Waals surface area contributed by atoms with Crippen LogP contribution in [0.2, 0.25) is 0 Å². The molecule has 3 nitrogen and oxygen atoms in total. The van der Waals surface area contributed by atoms with Gasteiger partial charge in [-0.25, -0.2) is 0 Å². The zero-order valence-corrected chi connectivity index (χ0v) is 13.7. The smallest absolute Gasteiger partial charge is 0.225 e. The minimum Gasteiger partial charge on any atom is -0.341 e. The number of benzene rings is 1. The summed E-state index contributed by atoms with van der Waals surface area (Å²) in [6, 6.07) is 9.08. The quantitative estimate of drug-likeness (QED) is 0.923. The standard InChI is InChI=1S/C18H28N2O/c1-13(2)16-7-5-15(6-8-16)12-20(4)18(21)17-9-10-19-14(3)11-17/h5-8,13-14,17,19H,9-12H2,1-4H3. The summed E-state index contributed by atoms with van der Waals surface area (Å²) in [6.45, 7) is 8.21. The molecule has 1 aliphatic rings. The van der Waals surface area contributed by atoms with Crippen LogP contribution in [0.1, 0.15) is 50.7 Å². The number of hydrogen-bond acceptors (Lipinski definition) is 2. The molecule has 0 aromatic heterocycles. The molecule has 1 heterocycles. The molecule has 0 spiro atoms. The first-order valence-corrected chi connectivity index (χ1v) is 8.04. The first-order chi connectivity index (χ1) is 9.97. The molecule has 1 amide bonds. The molecule has 0 radical (unpaired) electrons. The highest BCUT2D eigenvalue weighted by molar-refractivity contribution is 5.78. The molecule has 1 fully saturated rings. The van der Waals surface area contributed by atoms with Gasteiger partial charge in [0.1, 0.15) is 0 Å². The van der Waals surface area contributed by atoms with Crippen LogP contribution >= 0.6 is 0 Å². The third kappa shape index (κ3) is 4.31. The number of carbonyl (C=O) groups is 1. The van der Waals surface area contributed by atoms with Crippen molar-refractivity contribution in [3.8, 4) is 0 Å². The zero-order chi connectivity index (χ0) is 15.4. The van der Waals surface area contributed by atoms with Crippen molar-refractivity contribution in [2.75, 3.05) is 13.6 Å². The van der Waals surface area contributed by atoms with E-state index in [0.717, 1.165) is 19.4 Å². The molecule has 1 N–H and O–H groups in total. The zero-order valence-electron chi connectivity index (χ0n) is 13.7. The molecule has 0 aliphatic carbocycles. The average molecular weight is 288 g/mol. The van der Waals surface area contributed by atoms with Gasteiger partial charge in [0.2, 0.25) is 5.91 Å². The van der Waals surface area contributed by atoms with E-state index in [9.17, 15) is 4.79 Å². The van der Waals surface area contributed by atoms with Gasteiger partial charge in [0, 0.05) is 25.6 Å². The predicted molar refractivity (Wildman–Crippen MR) is 87.2 cm³/mol. The lowest BCUT2D eigenvalue weighted by molar-refractivity contribution is -0.135. The summed E-state index contributed by atoms with van der Waals surface area (Å²) in [5.41, 5.74) is 2.55. The van der Waals surface area contributed by atoms with E-state index in [1.165, 1.54) is 11.1 Å². The van der Waals surface area contributed by atoms with Crippen molar-refractivity contribution >= 4 is 5.91 Å². The first kappa shape index (κ1) is 16.0. The van der Waals surface area contributed by atoms with Crippen molar-refractivity contribution in [3.63, 3.8) is 0 Å². The van der Waals surface area contributed by atoms with Gasteiger partial charge in [-0.1, -0.05) is 38.1 Å². The molecule has 3 heteroatoms. The molecule has 1 saturated heterocycles. The maximum atomic E-state index is 12.5. The number of piperidine rings is 1. The fraction of sp³-hybridized carbons (Fsp3) is 0.611. The van der Waals surface area contributed by atoms with Crippen LogP contribution in [0, 0.1) is 5.92 Å². The monoisotopic (exact) mass is 288 g/mol. The van der Waals surface area contributed by atoms with Crippen LogP contribution in [-0.2, 0) is 11.3 Å². The van der Waals surface area contributed by atoms with Crippen molar-refractivity contribution in [1.29, 1.82) is 0 Å². The van der Waals surface area contributed by atoms with Crippen LogP contribution in [-0.4, -0.2) is 30.4 Å². The third-order valence-electron chi connectivity index (χ3n) is 4.42. The van der Waals surface area contributed by atoms with Crippen molar-refractivity contribution in [2.45, 2.75) is 52.1 Å². The number of rotatable bonds is 4. The Kier molecular flexibility index (Phi) is 5.40. The molecule has 21 heavy (non-hydrogen) atoms. The second-order valence-corrected chi connectivity index (χ2v) is 6.67. The van der Waals surface area contributed by atoms with Crippen LogP contribution < -0.4 is 5.32 Å². The summed E-state index contributed by atoms with van der Waals surface area (Å²) in [7, 11) is 1.92. The Morgan fingerprint density at radius 3 is 2.57 bits per heavy atom. The number of hydrogen-bond donors (Lipinski definition) is 1. The molecule has 1 aromatic carbocycles. The lowest BCUT2D eigenvalue weighted by Gasteiger charge is -2.30. The van der Waals surface area contributed by atoms with E-state index >= 15 is 0 Å². The highest BCUT2D eigenvalue weighted by atomic mass is 16.2. The summed E-state index contributed by atoms with van der Waals surface area (Å²) in [4.78, 5) is 14.4. The highest BCUT2D eigenvalue weighted by Crippen LogP contribution is 2.20. The second kappa shape index (κ2) is 7.08. The molecular formula is C18H28N2O. The molecule has 116 valence electrons. The fourth-order valence-corrected chi connectivity index (χ4v) is 3.03. The minimum atomic E-state index is 0.182. The van der Waals surface area contributed by atoms with E-state index < -0.39 is 0 Å². The van der Waals surface area contributed by atoms with Crippen molar-refractivity contribution in [2.24, 2.45) is 5.92 Å². The Hall–Kier alpha value is -1.35. The molecule has 1 aromatic rings. The van der Waals surface area contributed by atoms with Gasteiger partial charge in [-0.15, -0.1) is 0 Å². The van der Waals surface area contributed by atoms with Crippen molar-refractivity contribution in [3.05, 3.63) is 35.4 Å². The van der Waals surface area contributed by atoms with E-state index in [4.69, 9.17) is 0 Å². The molecule has 2 atom stereocenters. The Balaban J connectivity index is 1.93. The summed E-state index contributed by atoms with van der Waals surface area (Å²) < 4.78 is 0. The summed E-state index contributed by atoms with van der Waals surface area (Å²) in [6.07, 6.45) is 1.91. The molecule has 0 bridgehead atoms. The SMILES string of the molecule is CC1CC(C(=O)N(C)Cc2ccc(C(C)C)cc2)CCN1. The Bertz CT molecular complexity index is 467. The van der Waals surface area contributed by atoms with Crippen molar-refractivity contribution in [1.82, 2.24) is 10.2 Å². The minimum absolute atomic E-state index is 0.182. The van der Waals surface area contributed by atoms with E-state index in [2.05, 4.69) is 50.4 Å². The Morgan fingerprint density at radius 1 is 1.33 bits per heavy atom. The number of nitrogens with zero attached hydrogens (tertiary/aromatic N) is 1. The fourth-order valence-electron chi connectivity index (χ4n) is 3.03. The maximum absolute atomic E-state index is 12.5. The van der Waals surface area contributed by atoms with Gasteiger partial charge < -0.3 is 10.2 Å². The van der Waals surface area contributed by atoms with Crippen LogP contribution in [0.15, 0.2) is 24.3 Å². The molecule has 2 unspecified atom stereocenters. The molecular weight excluding hydrogens is 260 g/mol. The topological polar surface area (TPSA) is 32.3 Å². The lowest BCUT2D eigenvalue weighted by Crippen LogP contribution is -2.42. The summed E-state index contributed by atoms with van der Waals surface area (Å²) in [5.74, 6) is 1.02. The second-order valence-electron chi connectivity index (χ2n) is 6.67. The van der Waals surface area contributed by atoms with Gasteiger partial charge in [0.15, 0.2) is 0 Å². The number of amides is 1. The van der Waals surface area contributed by atoms with Crippen LogP contribution in [0.25, 0.3) is 0 Å². The van der Waals surface area contributed by atoms with Gasteiger partial charge in [0.25, 0.3) is 0 Å². The highest BCUT2D eigenvalue weighted by Gasteiger charge is 2.26. The molecule has 1 aliphatic heterocycles. The van der Waals surface area contributed by atoms with E-state index in [-0.39, 0.29) is 11.8 Å². The van der Waals surface area contributed by atoms with Crippen molar-refractivity contribution < 1.29 is 4.79 Å². The van der Waals surface area contributed by atoms with E-state index in [0.29, 0.717) is 18.5 Å². The van der Waals surface area contributed by atoms with Gasteiger partial charge in [-0.05, 0) is 43.4 Å². The van der Waals surface area contributed by atoms with Gasteiger partial charge in [0.05, 0.1) is 0 Å². The van der Waals surface area contributed by atoms with Crippen LogP contribution in [0.3, 0.4) is 0 Å². The van der Waals surface area contributed by atoms with E-state index in [1.807, 2.05) is 11.9 Å². The molecule has 2 rings (SSSR count). The predicted octanol–water partition coefficient (Wildman–Crippen LogP) is 3.16. The molecule has 0 saturated carbocycles. The van der Waals surface area contributed by atoms with Crippen LogP contribution in [0.5, 0.6) is 0 Å². The summed E-state index contributed by atoms with van der Waals surface area (Å²) >= 11 is 0. The Labute approximate surface area is 128 Å². The largest absolute Gasteiger partial charge is 0.341 e. The third-order valence-corrected chi connectivity index (χ3v) is 4.42. The average Bonchev–Trinajstić information content (AvgIpc) is 2.47. The number of nitrogens with one attached hydrogen (secondary N) is 1. The maximum Gasteiger partial charge on any atom is 0.225 e. The van der Waals surface area contributed by atoms with Gasteiger partial charge >= 0.3 is 0 Å². The van der Waals surface area contributed by atoms with E-state index in [1.54, 1.807) is 0 Å². The van der Waals surface area contributed by atoms with Crippen LogP contribution in [0.4, 0.5) is 0 Å². The lowest BCUT2D eigenvalue weighted by atomic mass is 9.92. The van der Waals surface area contributed by atoms with Gasteiger partial charge in [-0.3, -0.25) is 4.79 Å². The summed E-state index contributed by atoms with van der Waals surface area (Å²) in [5, 5.41) is 3.40. The van der Waals surface area contributed by atoms with Gasteiger partial charge in [-0.2, -0.15) is 0 Å². The number of carbonyl (C=O) groups excluding carboxylic acids is 1. The Morgan fingerprint density at radius 2 is 2.00 bits per heavy atom. The first-order valence-electron chi connectivity index (χ1n) is 8.04. The normalized spacial score (nSPS) is 22.3.